The zero-order valence-electron chi connectivity index (χ0n) is 13.3. The van der Waals surface area contributed by atoms with Gasteiger partial charge in [-0.3, -0.25) is 4.79 Å². The third-order valence-electron chi connectivity index (χ3n) is 4.34. The Morgan fingerprint density at radius 3 is 2.26 bits per heavy atom. The lowest BCUT2D eigenvalue weighted by molar-refractivity contribution is -0.126. The van der Waals surface area contributed by atoms with Crippen LogP contribution in [0.2, 0.25) is 0 Å². The molecule has 1 fully saturated rings. The van der Waals surface area contributed by atoms with Gasteiger partial charge >= 0.3 is 0 Å². The monoisotopic (exact) mass is 269 g/mol. The van der Waals surface area contributed by atoms with Crippen LogP contribution in [0.4, 0.5) is 0 Å². The molecule has 0 aromatic heterocycles. The largest absolute Gasteiger partial charge is 0.354 e. The minimum absolute atomic E-state index is 0.0701. The Kier molecular flexibility index (Phi) is 5.39. The number of rotatable bonds is 6. The molecule has 1 atom stereocenters. The Labute approximate surface area is 118 Å². The average molecular weight is 269 g/mol. The van der Waals surface area contributed by atoms with Gasteiger partial charge < -0.3 is 16.0 Å². The summed E-state index contributed by atoms with van der Waals surface area (Å²) >= 11 is 0. The van der Waals surface area contributed by atoms with Gasteiger partial charge in [0.05, 0.1) is 5.92 Å². The van der Waals surface area contributed by atoms with Crippen LogP contribution in [-0.2, 0) is 4.79 Å². The van der Waals surface area contributed by atoms with Gasteiger partial charge in [0.1, 0.15) is 0 Å². The number of likely N-dealkylation sites (N-methyl/N-ethyl adjacent to an activating group) is 1. The number of amides is 1. The lowest BCUT2D eigenvalue weighted by atomic mass is 9.75. The fourth-order valence-corrected chi connectivity index (χ4v) is 2.79. The highest BCUT2D eigenvalue weighted by molar-refractivity contribution is 5.79. The van der Waals surface area contributed by atoms with E-state index in [4.69, 9.17) is 5.73 Å². The van der Waals surface area contributed by atoms with Crippen molar-refractivity contribution in [3.8, 4) is 0 Å². The first-order valence-corrected chi connectivity index (χ1v) is 7.35. The van der Waals surface area contributed by atoms with Crippen LogP contribution in [0.5, 0.6) is 0 Å². The van der Waals surface area contributed by atoms with Gasteiger partial charge in [-0.05, 0) is 45.2 Å². The summed E-state index contributed by atoms with van der Waals surface area (Å²) in [6.07, 6.45) is 4.44. The molecule has 0 bridgehead atoms. The molecule has 1 aliphatic rings. The van der Waals surface area contributed by atoms with Crippen LogP contribution >= 0.6 is 0 Å². The van der Waals surface area contributed by atoms with Crippen LogP contribution in [0.3, 0.4) is 0 Å². The molecule has 4 heteroatoms. The van der Waals surface area contributed by atoms with Gasteiger partial charge in [-0.2, -0.15) is 0 Å². The molecule has 0 aromatic carbocycles. The van der Waals surface area contributed by atoms with Crippen molar-refractivity contribution in [1.82, 2.24) is 10.2 Å². The summed E-state index contributed by atoms with van der Waals surface area (Å²) < 4.78 is 0. The fourth-order valence-electron chi connectivity index (χ4n) is 2.79. The maximum absolute atomic E-state index is 12.3. The van der Waals surface area contributed by atoms with Crippen LogP contribution in [0.1, 0.15) is 46.5 Å². The highest BCUT2D eigenvalue weighted by atomic mass is 16.1. The maximum atomic E-state index is 12.3. The van der Waals surface area contributed by atoms with Crippen molar-refractivity contribution < 1.29 is 4.79 Å². The summed E-state index contributed by atoms with van der Waals surface area (Å²) in [4.78, 5) is 14.5. The van der Waals surface area contributed by atoms with E-state index in [1.54, 1.807) is 0 Å². The lowest BCUT2D eigenvalue weighted by Gasteiger charge is -2.47. The highest BCUT2D eigenvalue weighted by Gasteiger charge is 2.39. The number of nitrogens with one attached hydrogen (secondary N) is 1. The predicted molar refractivity (Wildman–Crippen MR) is 79.9 cm³/mol. The standard InChI is InChI=1S/C15H31N3O/c1-14(2,3)9-12(10-16)13(19)17-11-15(18(4)5)7-6-8-15/h12H,6-11,16H2,1-5H3,(H,17,19). The summed E-state index contributed by atoms with van der Waals surface area (Å²) in [5.41, 5.74) is 6.07. The van der Waals surface area contributed by atoms with Crippen LogP contribution in [0, 0.1) is 11.3 Å². The number of nitrogens with two attached hydrogens (primary N) is 1. The maximum Gasteiger partial charge on any atom is 0.224 e. The third kappa shape index (κ3) is 4.46. The average Bonchev–Trinajstić information content (AvgIpc) is 2.22. The van der Waals surface area contributed by atoms with Gasteiger partial charge in [0, 0.05) is 18.6 Å². The van der Waals surface area contributed by atoms with E-state index in [2.05, 4.69) is 45.1 Å². The second-order valence-corrected chi connectivity index (χ2v) is 7.39. The second kappa shape index (κ2) is 6.23. The smallest absolute Gasteiger partial charge is 0.224 e. The molecule has 1 aliphatic carbocycles. The van der Waals surface area contributed by atoms with Crippen LogP contribution in [-0.4, -0.2) is 43.5 Å². The van der Waals surface area contributed by atoms with E-state index >= 15 is 0 Å². The molecule has 1 unspecified atom stereocenters. The van der Waals surface area contributed by atoms with Crippen molar-refractivity contribution in [2.75, 3.05) is 27.2 Å². The molecular formula is C15H31N3O. The molecular weight excluding hydrogens is 238 g/mol. The zero-order valence-corrected chi connectivity index (χ0v) is 13.3. The Hall–Kier alpha value is -0.610. The summed E-state index contributed by atoms with van der Waals surface area (Å²) in [7, 11) is 4.20. The fraction of sp³-hybridized carbons (Fsp3) is 0.933. The summed E-state index contributed by atoms with van der Waals surface area (Å²) in [5.74, 6) is 0.0461. The molecule has 0 aromatic rings. The molecule has 1 saturated carbocycles. The second-order valence-electron chi connectivity index (χ2n) is 7.39. The van der Waals surface area contributed by atoms with E-state index in [1.165, 1.54) is 19.3 Å². The highest BCUT2D eigenvalue weighted by Crippen LogP contribution is 2.35. The van der Waals surface area contributed by atoms with Crippen molar-refractivity contribution >= 4 is 5.91 Å². The Bertz CT molecular complexity index is 303. The number of carbonyl (C=O) groups excluding carboxylic acids is 1. The molecule has 1 amide bonds. The van der Waals surface area contributed by atoms with Gasteiger partial charge in [-0.15, -0.1) is 0 Å². The topological polar surface area (TPSA) is 58.4 Å². The normalized spacial score (nSPS) is 19.9. The van der Waals surface area contributed by atoms with Gasteiger partial charge in [-0.25, -0.2) is 0 Å². The number of hydrogen-bond acceptors (Lipinski definition) is 3. The van der Waals surface area contributed by atoms with Crippen molar-refractivity contribution in [2.24, 2.45) is 17.1 Å². The van der Waals surface area contributed by atoms with Gasteiger partial charge in [0.15, 0.2) is 0 Å². The summed E-state index contributed by atoms with van der Waals surface area (Å²) in [5, 5.41) is 3.12. The Balaban J connectivity index is 2.49. The van der Waals surface area contributed by atoms with E-state index in [9.17, 15) is 4.79 Å². The van der Waals surface area contributed by atoms with Crippen LogP contribution in [0.25, 0.3) is 0 Å². The number of hydrogen-bond donors (Lipinski definition) is 2. The Morgan fingerprint density at radius 1 is 1.37 bits per heavy atom. The summed E-state index contributed by atoms with van der Waals surface area (Å²) in [6, 6.07) is 0. The first-order valence-electron chi connectivity index (χ1n) is 7.35. The van der Waals surface area contributed by atoms with Gasteiger partial charge in [-0.1, -0.05) is 20.8 Å². The molecule has 19 heavy (non-hydrogen) atoms. The van der Waals surface area contributed by atoms with Crippen molar-refractivity contribution in [3.05, 3.63) is 0 Å². The molecule has 0 heterocycles. The third-order valence-corrected chi connectivity index (χ3v) is 4.34. The molecule has 0 radical (unpaired) electrons. The van der Waals surface area contributed by atoms with E-state index in [-0.39, 0.29) is 22.8 Å². The number of carbonyl (C=O) groups is 1. The molecule has 0 aliphatic heterocycles. The lowest BCUT2D eigenvalue weighted by Crippen LogP contribution is -2.58. The van der Waals surface area contributed by atoms with Gasteiger partial charge in [0.25, 0.3) is 0 Å². The molecule has 1 rings (SSSR count). The van der Waals surface area contributed by atoms with E-state index < -0.39 is 0 Å². The molecule has 4 nitrogen and oxygen atoms in total. The SMILES string of the molecule is CN(C)C1(CNC(=O)C(CN)CC(C)(C)C)CCC1. The predicted octanol–water partition coefficient (Wildman–Crippen LogP) is 1.60. The number of nitrogens with zero attached hydrogens (tertiary/aromatic N) is 1. The molecule has 3 N–H and O–H groups in total. The van der Waals surface area contributed by atoms with Crippen LogP contribution < -0.4 is 11.1 Å². The summed E-state index contributed by atoms with van der Waals surface area (Å²) in [6.45, 7) is 7.63. The van der Waals surface area contributed by atoms with Crippen molar-refractivity contribution in [2.45, 2.75) is 52.0 Å². The quantitative estimate of drug-likeness (QED) is 0.770. The molecule has 112 valence electrons. The molecule has 0 saturated heterocycles. The van der Waals surface area contributed by atoms with Gasteiger partial charge in [0.2, 0.25) is 5.91 Å². The van der Waals surface area contributed by atoms with E-state index in [0.717, 1.165) is 13.0 Å². The first-order chi connectivity index (χ1) is 8.70. The Morgan fingerprint density at radius 2 is 1.95 bits per heavy atom. The minimum Gasteiger partial charge on any atom is -0.354 e. The van der Waals surface area contributed by atoms with Crippen molar-refractivity contribution in [3.63, 3.8) is 0 Å². The first kappa shape index (κ1) is 16.4. The van der Waals surface area contributed by atoms with Crippen molar-refractivity contribution in [1.29, 1.82) is 0 Å². The van der Waals surface area contributed by atoms with Crippen LogP contribution in [0.15, 0.2) is 0 Å². The zero-order chi connectivity index (χ0) is 14.7. The van der Waals surface area contributed by atoms with E-state index in [0.29, 0.717) is 6.54 Å². The minimum atomic E-state index is -0.0701. The van der Waals surface area contributed by atoms with E-state index in [1.807, 2.05) is 0 Å². The molecule has 0 spiro atoms.